The second kappa shape index (κ2) is 4.16. The molecule has 69 valence electrons. The number of halogens is 2. The monoisotopic (exact) mass is 265 g/mol. The predicted molar refractivity (Wildman–Crippen MR) is 63.4 cm³/mol. The number of benzene rings is 2. The van der Waals surface area contributed by atoms with Crippen LogP contribution in [0.1, 0.15) is 0 Å². The quantitative estimate of drug-likeness (QED) is 0.709. The van der Waals surface area contributed by atoms with Crippen molar-refractivity contribution in [3.63, 3.8) is 0 Å². The molecule has 0 spiro atoms. The molecule has 2 aromatic carbocycles. The van der Waals surface area contributed by atoms with E-state index in [0.717, 1.165) is 20.6 Å². The van der Waals surface area contributed by atoms with Crippen LogP contribution in [0.25, 0.3) is 11.1 Å². The molecule has 0 saturated heterocycles. The summed E-state index contributed by atoms with van der Waals surface area (Å²) in [5.41, 5.74) is 2.03. The average Bonchev–Trinajstić information content (AvgIpc) is 2.19. The highest BCUT2D eigenvalue weighted by molar-refractivity contribution is 9.10. The number of hydrogen-bond acceptors (Lipinski definition) is 0. The Labute approximate surface area is 96.7 Å². The third-order valence-corrected chi connectivity index (χ3v) is 2.74. The van der Waals surface area contributed by atoms with Crippen LogP contribution in [0.4, 0.5) is 0 Å². The lowest BCUT2D eigenvalue weighted by Gasteiger charge is -2.03. The minimum Gasteiger partial charge on any atom is -0.0836 e. The van der Waals surface area contributed by atoms with E-state index in [1.807, 2.05) is 42.5 Å². The zero-order valence-electron chi connectivity index (χ0n) is 7.30. The molecule has 0 saturated carbocycles. The maximum absolute atomic E-state index is 6.11. The van der Waals surface area contributed by atoms with Crippen molar-refractivity contribution in [1.29, 1.82) is 0 Å². The van der Waals surface area contributed by atoms with Gasteiger partial charge in [-0.2, -0.15) is 0 Å². The summed E-state index contributed by atoms with van der Waals surface area (Å²) in [7, 11) is 0. The summed E-state index contributed by atoms with van der Waals surface area (Å²) in [5.74, 6) is 0. The van der Waals surface area contributed by atoms with E-state index in [0.29, 0.717) is 0 Å². The van der Waals surface area contributed by atoms with Gasteiger partial charge >= 0.3 is 0 Å². The van der Waals surface area contributed by atoms with Gasteiger partial charge in [-0.15, -0.1) is 0 Å². The Balaban J connectivity index is 2.53. The highest BCUT2D eigenvalue weighted by Crippen LogP contribution is 2.29. The van der Waals surface area contributed by atoms with Crippen LogP contribution >= 0.6 is 27.5 Å². The molecule has 0 aliphatic carbocycles. The van der Waals surface area contributed by atoms with Crippen LogP contribution in [0.15, 0.2) is 46.9 Å². The molecule has 0 heterocycles. The fourth-order valence-electron chi connectivity index (χ4n) is 1.27. The lowest BCUT2D eigenvalue weighted by molar-refractivity contribution is 1.59. The lowest BCUT2D eigenvalue weighted by atomic mass is 10.1. The smallest absolute Gasteiger partial charge is 0.0495 e. The molecule has 2 aromatic rings. The van der Waals surface area contributed by atoms with Crippen molar-refractivity contribution in [1.82, 2.24) is 0 Å². The van der Waals surface area contributed by atoms with Crippen molar-refractivity contribution < 1.29 is 0 Å². The average molecular weight is 267 g/mol. The zero-order valence-corrected chi connectivity index (χ0v) is 9.64. The Bertz CT molecular complexity index is 437. The summed E-state index contributed by atoms with van der Waals surface area (Å²) in [6.45, 7) is 0. The highest BCUT2D eigenvalue weighted by Gasteiger charge is 2.02. The molecular formula is C12H7BrCl. The molecule has 0 aromatic heterocycles. The lowest BCUT2D eigenvalue weighted by Crippen LogP contribution is -1.79. The fraction of sp³-hybridized carbons (Fsp3) is 0. The van der Waals surface area contributed by atoms with Crippen LogP contribution < -0.4 is 0 Å². The van der Waals surface area contributed by atoms with Gasteiger partial charge < -0.3 is 0 Å². The number of rotatable bonds is 1. The van der Waals surface area contributed by atoms with Crippen molar-refractivity contribution in [2.24, 2.45) is 0 Å². The normalized spacial score (nSPS) is 10.1. The van der Waals surface area contributed by atoms with Gasteiger partial charge in [0.25, 0.3) is 0 Å². The molecule has 0 aliphatic heterocycles. The van der Waals surface area contributed by atoms with Gasteiger partial charge in [0.05, 0.1) is 0 Å². The molecule has 0 amide bonds. The molecular weight excluding hydrogens is 259 g/mol. The molecule has 0 N–H and O–H groups in total. The molecule has 1 radical (unpaired) electrons. The van der Waals surface area contributed by atoms with Gasteiger partial charge in [0.2, 0.25) is 0 Å². The van der Waals surface area contributed by atoms with E-state index in [2.05, 4.69) is 22.0 Å². The fourth-order valence-corrected chi connectivity index (χ4v) is 2.04. The van der Waals surface area contributed by atoms with Crippen molar-refractivity contribution in [3.8, 4) is 11.1 Å². The first-order valence-electron chi connectivity index (χ1n) is 4.19. The van der Waals surface area contributed by atoms with Crippen LogP contribution in [0.5, 0.6) is 0 Å². The molecule has 0 fully saturated rings. The topological polar surface area (TPSA) is 0 Å². The molecule has 0 aliphatic rings. The summed E-state index contributed by atoms with van der Waals surface area (Å²) in [4.78, 5) is 0. The van der Waals surface area contributed by atoms with E-state index in [9.17, 15) is 0 Å². The van der Waals surface area contributed by atoms with Crippen molar-refractivity contribution in [2.45, 2.75) is 0 Å². The summed E-state index contributed by atoms with van der Waals surface area (Å²) >= 11 is 9.49. The summed E-state index contributed by atoms with van der Waals surface area (Å²) in [6, 6.07) is 16.8. The first-order valence-corrected chi connectivity index (χ1v) is 5.36. The molecule has 0 atom stereocenters. The van der Waals surface area contributed by atoms with Crippen molar-refractivity contribution in [3.05, 3.63) is 58.0 Å². The van der Waals surface area contributed by atoms with E-state index in [1.54, 1.807) is 0 Å². The van der Waals surface area contributed by atoms with Gasteiger partial charge in [-0.05, 0) is 23.8 Å². The predicted octanol–water partition coefficient (Wildman–Crippen LogP) is 4.57. The highest BCUT2D eigenvalue weighted by atomic mass is 79.9. The molecule has 0 nitrogen and oxygen atoms in total. The zero-order chi connectivity index (χ0) is 9.97. The van der Waals surface area contributed by atoms with Crippen LogP contribution in [0.3, 0.4) is 0 Å². The summed E-state index contributed by atoms with van der Waals surface area (Å²) in [5, 5.41) is 0.738. The molecule has 14 heavy (non-hydrogen) atoms. The molecule has 0 bridgehead atoms. The van der Waals surface area contributed by atoms with Gasteiger partial charge in [-0.25, -0.2) is 0 Å². The molecule has 0 unspecified atom stereocenters. The Kier molecular flexibility index (Phi) is 2.90. The van der Waals surface area contributed by atoms with Crippen LogP contribution in [-0.4, -0.2) is 0 Å². The summed E-state index contributed by atoms with van der Waals surface area (Å²) < 4.78 is 0.988. The van der Waals surface area contributed by atoms with Crippen LogP contribution in [0.2, 0.25) is 5.02 Å². The van der Waals surface area contributed by atoms with E-state index in [1.165, 1.54) is 0 Å². The van der Waals surface area contributed by atoms with Gasteiger partial charge in [0.1, 0.15) is 0 Å². The van der Waals surface area contributed by atoms with E-state index >= 15 is 0 Å². The first kappa shape index (κ1) is 9.75. The van der Waals surface area contributed by atoms with Gasteiger partial charge in [0, 0.05) is 15.1 Å². The maximum Gasteiger partial charge on any atom is 0.0495 e. The minimum absolute atomic E-state index is 0.738. The van der Waals surface area contributed by atoms with Crippen molar-refractivity contribution in [2.75, 3.05) is 0 Å². The van der Waals surface area contributed by atoms with E-state index in [4.69, 9.17) is 11.6 Å². The van der Waals surface area contributed by atoms with Gasteiger partial charge in [-0.1, -0.05) is 57.9 Å². The minimum atomic E-state index is 0.738. The van der Waals surface area contributed by atoms with E-state index < -0.39 is 0 Å². The second-order valence-electron chi connectivity index (χ2n) is 2.90. The SMILES string of the molecule is Clc1cc(Br)ccc1-c1[c]cccc1. The number of hydrogen-bond donors (Lipinski definition) is 0. The van der Waals surface area contributed by atoms with Crippen LogP contribution in [0, 0.1) is 6.07 Å². The Morgan fingerprint density at radius 3 is 2.64 bits per heavy atom. The van der Waals surface area contributed by atoms with Crippen LogP contribution in [-0.2, 0) is 0 Å². The van der Waals surface area contributed by atoms with Crippen molar-refractivity contribution >= 4 is 27.5 Å². The van der Waals surface area contributed by atoms with E-state index in [-0.39, 0.29) is 0 Å². The standard InChI is InChI=1S/C12H7BrCl/c13-10-6-7-11(12(14)8-10)9-4-2-1-3-5-9/h1-4,6-8H. The Morgan fingerprint density at radius 2 is 2.00 bits per heavy atom. The molecule has 2 rings (SSSR count). The third kappa shape index (κ3) is 1.99. The van der Waals surface area contributed by atoms with Gasteiger partial charge in [-0.3, -0.25) is 0 Å². The first-order chi connectivity index (χ1) is 6.77. The maximum atomic E-state index is 6.11. The Hall–Kier alpha value is -0.790. The third-order valence-electron chi connectivity index (χ3n) is 1.93. The Morgan fingerprint density at radius 1 is 1.14 bits per heavy atom. The second-order valence-corrected chi connectivity index (χ2v) is 4.22. The summed E-state index contributed by atoms with van der Waals surface area (Å²) in [6.07, 6.45) is 0. The molecule has 2 heteroatoms. The largest absolute Gasteiger partial charge is 0.0836 e. The van der Waals surface area contributed by atoms with Gasteiger partial charge in [0.15, 0.2) is 0 Å².